The molecular formula is C21H18N2O3. The van der Waals surface area contributed by atoms with E-state index in [0.29, 0.717) is 23.5 Å². The highest BCUT2D eigenvalue weighted by Gasteiger charge is 2.32. The Balaban J connectivity index is 1.80. The first kappa shape index (κ1) is 17.4. The molecule has 2 aromatic carbocycles. The zero-order chi connectivity index (χ0) is 18.5. The minimum Gasteiger partial charge on any atom is -0.490 e. The van der Waals surface area contributed by atoms with E-state index in [4.69, 9.17) is 4.74 Å². The second kappa shape index (κ2) is 7.61. The average Bonchev–Trinajstić information content (AvgIpc) is 2.95. The van der Waals surface area contributed by atoms with Gasteiger partial charge in [0.1, 0.15) is 12.4 Å². The largest absolute Gasteiger partial charge is 0.490 e. The van der Waals surface area contributed by atoms with Crippen LogP contribution in [0.5, 0.6) is 5.75 Å². The fourth-order valence-corrected chi connectivity index (χ4v) is 2.51. The molecule has 5 nitrogen and oxygen atoms in total. The molecule has 1 heterocycles. The Bertz CT molecular complexity index is 897. The van der Waals surface area contributed by atoms with Crippen LogP contribution in [0.1, 0.15) is 22.8 Å². The van der Waals surface area contributed by atoms with Gasteiger partial charge in [-0.1, -0.05) is 43.0 Å². The zero-order valence-electron chi connectivity index (χ0n) is 14.4. The Morgan fingerprint density at radius 2 is 1.85 bits per heavy atom. The van der Waals surface area contributed by atoms with Crippen LogP contribution in [0.2, 0.25) is 0 Å². The van der Waals surface area contributed by atoms with Crippen LogP contribution in [0.3, 0.4) is 0 Å². The lowest BCUT2D eigenvalue weighted by atomic mass is 10.1. The maximum atomic E-state index is 12.6. The summed E-state index contributed by atoms with van der Waals surface area (Å²) in [5, 5.41) is 5.04. The molecule has 5 heteroatoms. The molecule has 1 aliphatic heterocycles. The van der Waals surface area contributed by atoms with E-state index in [9.17, 15) is 9.59 Å². The van der Waals surface area contributed by atoms with Crippen molar-refractivity contribution in [2.24, 2.45) is 5.10 Å². The highest BCUT2D eigenvalue weighted by atomic mass is 16.5. The number of ether oxygens (including phenoxy) is 1. The summed E-state index contributed by atoms with van der Waals surface area (Å²) < 4.78 is 5.44. The molecule has 130 valence electrons. The fraction of sp³-hybridized carbons (Fsp3) is 0.0952. The lowest BCUT2D eigenvalue weighted by molar-refractivity contribution is -0.123. The van der Waals surface area contributed by atoms with Gasteiger partial charge in [-0.15, -0.1) is 0 Å². The SMILES string of the molecule is C=CCOc1ccc(/C=C2/C(=O)N(C(=O)c3ccccc3)N=C2C)cc1. The van der Waals surface area contributed by atoms with Crippen LogP contribution in [-0.4, -0.2) is 29.1 Å². The van der Waals surface area contributed by atoms with Gasteiger partial charge in [0.15, 0.2) is 0 Å². The third-order valence-corrected chi connectivity index (χ3v) is 3.83. The van der Waals surface area contributed by atoms with Crippen molar-refractivity contribution in [2.45, 2.75) is 6.92 Å². The van der Waals surface area contributed by atoms with Gasteiger partial charge in [-0.25, -0.2) is 0 Å². The molecule has 0 atom stereocenters. The highest BCUT2D eigenvalue weighted by molar-refractivity contribution is 6.30. The summed E-state index contributed by atoms with van der Waals surface area (Å²) in [5.41, 5.74) is 2.14. The van der Waals surface area contributed by atoms with Crippen LogP contribution < -0.4 is 4.74 Å². The maximum absolute atomic E-state index is 12.6. The molecule has 2 amide bonds. The number of carbonyl (C=O) groups excluding carboxylic acids is 2. The van der Waals surface area contributed by atoms with Gasteiger partial charge in [0.2, 0.25) is 0 Å². The summed E-state index contributed by atoms with van der Waals surface area (Å²) in [6.45, 7) is 5.75. The van der Waals surface area contributed by atoms with Gasteiger partial charge >= 0.3 is 0 Å². The number of hydrogen-bond donors (Lipinski definition) is 0. The highest BCUT2D eigenvalue weighted by Crippen LogP contribution is 2.21. The number of carbonyl (C=O) groups is 2. The third-order valence-electron chi connectivity index (χ3n) is 3.83. The first-order valence-corrected chi connectivity index (χ1v) is 8.15. The van der Waals surface area contributed by atoms with E-state index < -0.39 is 11.8 Å². The molecule has 1 aliphatic rings. The molecule has 0 unspecified atom stereocenters. The molecule has 0 aromatic heterocycles. The first-order chi connectivity index (χ1) is 12.6. The molecule has 0 saturated heterocycles. The van der Waals surface area contributed by atoms with E-state index in [1.54, 1.807) is 43.3 Å². The van der Waals surface area contributed by atoms with Crippen LogP contribution in [0.4, 0.5) is 0 Å². The Morgan fingerprint density at radius 1 is 1.15 bits per heavy atom. The van der Waals surface area contributed by atoms with Gasteiger partial charge < -0.3 is 4.74 Å². The van der Waals surface area contributed by atoms with Crippen molar-refractivity contribution in [1.29, 1.82) is 0 Å². The summed E-state index contributed by atoms with van der Waals surface area (Å²) in [5.74, 6) is -0.147. The van der Waals surface area contributed by atoms with Crippen molar-refractivity contribution >= 4 is 23.6 Å². The van der Waals surface area contributed by atoms with E-state index in [-0.39, 0.29) is 0 Å². The molecular weight excluding hydrogens is 328 g/mol. The van der Waals surface area contributed by atoms with Gasteiger partial charge in [-0.3, -0.25) is 9.59 Å². The summed E-state index contributed by atoms with van der Waals surface area (Å²) >= 11 is 0. The van der Waals surface area contributed by atoms with Gasteiger partial charge in [0.05, 0.1) is 11.3 Å². The summed E-state index contributed by atoms with van der Waals surface area (Å²) in [6, 6.07) is 15.9. The lowest BCUT2D eigenvalue weighted by Gasteiger charge is -2.09. The number of nitrogens with zero attached hydrogens (tertiary/aromatic N) is 2. The van der Waals surface area contributed by atoms with Crippen molar-refractivity contribution in [1.82, 2.24) is 5.01 Å². The molecule has 0 N–H and O–H groups in total. The predicted molar refractivity (Wildman–Crippen MR) is 101 cm³/mol. The van der Waals surface area contributed by atoms with Crippen molar-refractivity contribution in [3.63, 3.8) is 0 Å². The van der Waals surface area contributed by atoms with Crippen molar-refractivity contribution in [2.75, 3.05) is 6.61 Å². The Hall–Kier alpha value is -3.47. The molecule has 0 bridgehead atoms. The molecule has 0 saturated carbocycles. The summed E-state index contributed by atoms with van der Waals surface area (Å²) in [7, 11) is 0. The smallest absolute Gasteiger partial charge is 0.283 e. The van der Waals surface area contributed by atoms with Crippen molar-refractivity contribution in [3.8, 4) is 5.75 Å². The van der Waals surface area contributed by atoms with Crippen LogP contribution in [0.15, 0.2) is 77.9 Å². The van der Waals surface area contributed by atoms with Gasteiger partial charge in [0.25, 0.3) is 11.8 Å². The molecule has 3 rings (SSSR count). The minimum absolute atomic E-state index is 0.397. The van der Waals surface area contributed by atoms with E-state index in [2.05, 4.69) is 11.7 Å². The Kier molecular flexibility index (Phi) is 5.08. The van der Waals surface area contributed by atoms with Crippen molar-refractivity contribution in [3.05, 3.63) is 84.0 Å². The quantitative estimate of drug-likeness (QED) is 0.471. The molecule has 0 spiro atoms. The number of rotatable bonds is 5. The van der Waals surface area contributed by atoms with Crippen LogP contribution in [-0.2, 0) is 4.79 Å². The van der Waals surface area contributed by atoms with Crippen LogP contribution in [0, 0.1) is 0 Å². The summed E-state index contributed by atoms with van der Waals surface area (Å²) in [4.78, 5) is 25.1. The number of amides is 2. The predicted octanol–water partition coefficient (Wildman–Crippen LogP) is 3.69. The number of hydrogen-bond acceptors (Lipinski definition) is 4. The van der Waals surface area contributed by atoms with E-state index >= 15 is 0 Å². The number of benzene rings is 2. The van der Waals surface area contributed by atoms with Crippen LogP contribution >= 0.6 is 0 Å². The number of hydrazone groups is 1. The molecule has 26 heavy (non-hydrogen) atoms. The van der Waals surface area contributed by atoms with E-state index in [1.807, 2.05) is 30.3 Å². The topological polar surface area (TPSA) is 59.0 Å². The minimum atomic E-state index is -0.438. The van der Waals surface area contributed by atoms with E-state index in [0.717, 1.165) is 16.3 Å². The van der Waals surface area contributed by atoms with Gasteiger partial charge in [-0.2, -0.15) is 10.1 Å². The van der Waals surface area contributed by atoms with Gasteiger partial charge in [-0.05, 0) is 42.8 Å². The molecule has 0 fully saturated rings. The molecule has 0 aliphatic carbocycles. The van der Waals surface area contributed by atoms with Gasteiger partial charge in [0, 0.05) is 5.56 Å². The Morgan fingerprint density at radius 3 is 2.50 bits per heavy atom. The zero-order valence-corrected chi connectivity index (χ0v) is 14.4. The second-order valence-corrected chi connectivity index (χ2v) is 5.70. The lowest BCUT2D eigenvalue weighted by Crippen LogP contribution is -2.29. The first-order valence-electron chi connectivity index (χ1n) is 8.15. The molecule has 2 aromatic rings. The summed E-state index contributed by atoms with van der Waals surface area (Å²) in [6.07, 6.45) is 3.39. The normalized spacial score (nSPS) is 15.1. The number of imide groups is 1. The second-order valence-electron chi connectivity index (χ2n) is 5.70. The fourth-order valence-electron chi connectivity index (χ4n) is 2.51. The average molecular weight is 346 g/mol. The molecule has 0 radical (unpaired) electrons. The van der Waals surface area contributed by atoms with E-state index in [1.165, 1.54) is 0 Å². The van der Waals surface area contributed by atoms with Crippen molar-refractivity contribution < 1.29 is 14.3 Å². The van der Waals surface area contributed by atoms with Crippen LogP contribution in [0.25, 0.3) is 6.08 Å². The maximum Gasteiger partial charge on any atom is 0.283 e. The Labute approximate surface area is 151 Å². The third kappa shape index (κ3) is 3.62. The monoisotopic (exact) mass is 346 g/mol. The standard InChI is InChI=1S/C21H18N2O3/c1-3-13-26-18-11-9-16(10-12-18)14-19-15(2)22-23(21(19)25)20(24)17-7-5-4-6-8-17/h3-12,14H,1,13H2,2H3/b19-14+.